The maximum Gasteiger partial charge on any atom is 0.163 e. The summed E-state index contributed by atoms with van der Waals surface area (Å²) in [7, 11) is 0. The number of benzene rings is 2. The minimum atomic E-state index is -0.621. The molecule has 33 heavy (non-hydrogen) atoms. The van der Waals surface area contributed by atoms with E-state index in [1.54, 1.807) is 25.5 Å². The molecular weight excluding hydrogens is 410 g/mol. The summed E-state index contributed by atoms with van der Waals surface area (Å²) in [4.78, 5) is 18.5. The first-order valence-corrected chi connectivity index (χ1v) is 10.8. The normalized spacial score (nSPS) is 11.9. The van der Waals surface area contributed by atoms with Crippen molar-refractivity contribution in [1.29, 1.82) is 0 Å². The van der Waals surface area contributed by atoms with Crippen molar-refractivity contribution < 1.29 is 5.11 Å². The van der Waals surface area contributed by atoms with Crippen LogP contribution in [0.1, 0.15) is 24.3 Å². The van der Waals surface area contributed by atoms with Crippen molar-refractivity contribution in [3.8, 4) is 22.5 Å². The number of rotatable bonds is 6. The van der Waals surface area contributed by atoms with Crippen LogP contribution < -0.4 is 5.32 Å². The number of pyridine rings is 2. The molecule has 6 nitrogen and oxygen atoms in total. The first-order chi connectivity index (χ1) is 16.2. The Balaban J connectivity index is 1.67. The Labute approximate surface area is 192 Å². The van der Waals surface area contributed by atoms with Gasteiger partial charge in [-0.2, -0.15) is 0 Å². The number of aliphatic hydroxyl groups excluding tert-OH is 1. The van der Waals surface area contributed by atoms with Crippen LogP contribution >= 0.6 is 0 Å². The average Bonchev–Trinajstić information content (AvgIpc) is 2.88. The summed E-state index contributed by atoms with van der Waals surface area (Å²) in [6.07, 6.45) is 4.53. The lowest BCUT2D eigenvalue weighted by Crippen LogP contribution is -2.06. The van der Waals surface area contributed by atoms with E-state index in [9.17, 15) is 5.11 Å². The van der Waals surface area contributed by atoms with E-state index < -0.39 is 6.10 Å². The van der Waals surface area contributed by atoms with Gasteiger partial charge in [0.2, 0.25) is 0 Å². The molecule has 0 saturated heterocycles. The summed E-state index contributed by atoms with van der Waals surface area (Å²) in [5, 5.41) is 14.4. The van der Waals surface area contributed by atoms with Crippen LogP contribution in [0.3, 0.4) is 0 Å². The second kappa shape index (κ2) is 9.14. The summed E-state index contributed by atoms with van der Waals surface area (Å²) < 4.78 is 0. The summed E-state index contributed by atoms with van der Waals surface area (Å²) in [6, 6.07) is 24.0. The van der Waals surface area contributed by atoms with Gasteiger partial charge in [0.25, 0.3) is 0 Å². The zero-order chi connectivity index (χ0) is 22.6. The molecule has 0 aliphatic heterocycles. The van der Waals surface area contributed by atoms with Gasteiger partial charge in [0.15, 0.2) is 5.82 Å². The van der Waals surface area contributed by atoms with Crippen molar-refractivity contribution in [1.82, 2.24) is 19.9 Å². The molecule has 162 valence electrons. The molecule has 3 aromatic heterocycles. The highest BCUT2D eigenvalue weighted by Crippen LogP contribution is 2.34. The van der Waals surface area contributed by atoms with E-state index in [1.165, 1.54) is 0 Å². The molecule has 2 N–H and O–H groups in total. The Morgan fingerprint density at radius 1 is 0.879 bits per heavy atom. The van der Waals surface area contributed by atoms with Gasteiger partial charge < -0.3 is 10.4 Å². The number of hydrogen-bond acceptors (Lipinski definition) is 6. The van der Waals surface area contributed by atoms with Gasteiger partial charge in [0, 0.05) is 24.2 Å². The summed E-state index contributed by atoms with van der Waals surface area (Å²) in [6.45, 7) is 2.25. The second-order valence-corrected chi connectivity index (χ2v) is 7.82. The minimum absolute atomic E-state index is 0.529. The molecule has 0 unspecified atom stereocenters. The zero-order valence-corrected chi connectivity index (χ0v) is 18.2. The Hall–Kier alpha value is -4.16. The monoisotopic (exact) mass is 433 g/mol. The van der Waals surface area contributed by atoms with Gasteiger partial charge in [0.05, 0.1) is 29.2 Å². The maximum absolute atomic E-state index is 9.99. The fourth-order valence-corrected chi connectivity index (χ4v) is 3.78. The molecule has 5 aromatic rings. The lowest BCUT2D eigenvalue weighted by atomic mass is 10.0. The van der Waals surface area contributed by atoms with Crippen LogP contribution in [0.5, 0.6) is 0 Å². The molecule has 0 aliphatic rings. The highest BCUT2D eigenvalue weighted by Gasteiger charge is 2.15. The fraction of sp³-hybridized carbons (Fsp3) is 0.111. The molecule has 0 aliphatic carbocycles. The van der Waals surface area contributed by atoms with Crippen LogP contribution in [-0.2, 0) is 6.54 Å². The third-order valence-corrected chi connectivity index (χ3v) is 5.47. The van der Waals surface area contributed by atoms with Crippen molar-refractivity contribution in [2.24, 2.45) is 0 Å². The SMILES string of the molecule is C[C@@H](O)c1cncc(-c2nc(NCc3ccccn3)c3c(-c4ccccc4)cccc3n2)c1. The zero-order valence-electron chi connectivity index (χ0n) is 18.2. The third kappa shape index (κ3) is 4.42. The van der Waals surface area contributed by atoms with E-state index in [0.29, 0.717) is 12.4 Å². The molecule has 6 heteroatoms. The molecule has 0 bridgehead atoms. The van der Waals surface area contributed by atoms with Crippen molar-refractivity contribution in [2.75, 3.05) is 5.32 Å². The summed E-state index contributed by atoms with van der Waals surface area (Å²) in [5.41, 5.74) is 5.36. The number of anilines is 1. The first-order valence-electron chi connectivity index (χ1n) is 10.8. The van der Waals surface area contributed by atoms with E-state index in [1.807, 2.05) is 54.6 Å². The predicted molar refractivity (Wildman–Crippen MR) is 130 cm³/mol. The standard InChI is InChI=1S/C27H23N5O/c1-18(33)20-14-21(16-28-15-20)26-31-24-12-7-11-23(19-8-3-2-4-9-19)25(24)27(32-26)30-17-22-10-5-6-13-29-22/h2-16,18,33H,17H2,1H3,(H,30,31,32)/t18-/m1/s1. The molecule has 1 atom stereocenters. The van der Waals surface area contributed by atoms with Gasteiger partial charge in [-0.1, -0.05) is 48.5 Å². The van der Waals surface area contributed by atoms with Crippen LogP contribution in [0, 0.1) is 0 Å². The largest absolute Gasteiger partial charge is 0.389 e. The molecule has 2 aromatic carbocycles. The van der Waals surface area contributed by atoms with Gasteiger partial charge in [-0.25, -0.2) is 9.97 Å². The molecular formula is C27H23N5O. The van der Waals surface area contributed by atoms with E-state index >= 15 is 0 Å². The summed E-state index contributed by atoms with van der Waals surface area (Å²) >= 11 is 0. The summed E-state index contributed by atoms with van der Waals surface area (Å²) in [5.74, 6) is 1.27. The van der Waals surface area contributed by atoms with Crippen LogP contribution in [0.25, 0.3) is 33.4 Å². The van der Waals surface area contributed by atoms with Gasteiger partial charge in [-0.05, 0) is 47.9 Å². The molecule has 0 fully saturated rings. The van der Waals surface area contributed by atoms with Gasteiger partial charge in [-0.15, -0.1) is 0 Å². The lowest BCUT2D eigenvalue weighted by molar-refractivity contribution is 0.199. The van der Waals surface area contributed by atoms with Crippen molar-refractivity contribution in [2.45, 2.75) is 19.6 Å². The molecule has 5 rings (SSSR count). The van der Waals surface area contributed by atoms with E-state index in [0.717, 1.165) is 44.7 Å². The van der Waals surface area contributed by atoms with Crippen LogP contribution in [-0.4, -0.2) is 25.0 Å². The number of fused-ring (bicyclic) bond motifs is 1. The minimum Gasteiger partial charge on any atom is -0.389 e. The highest BCUT2D eigenvalue weighted by atomic mass is 16.3. The van der Waals surface area contributed by atoms with E-state index in [4.69, 9.17) is 9.97 Å². The van der Waals surface area contributed by atoms with Crippen LogP contribution in [0.2, 0.25) is 0 Å². The van der Waals surface area contributed by atoms with E-state index in [-0.39, 0.29) is 0 Å². The van der Waals surface area contributed by atoms with Crippen molar-refractivity contribution in [3.63, 3.8) is 0 Å². The van der Waals surface area contributed by atoms with Gasteiger partial charge >= 0.3 is 0 Å². The van der Waals surface area contributed by atoms with Crippen molar-refractivity contribution in [3.05, 3.63) is 103 Å². The number of nitrogens with zero attached hydrogens (tertiary/aromatic N) is 4. The third-order valence-electron chi connectivity index (χ3n) is 5.47. The second-order valence-electron chi connectivity index (χ2n) is 7.82. The van der Waals surface area contributed by atoms with Gasteiger partial charge in [-0.3, -0.25) is 9.97 Å². The van der Waals surface area contributed by atoms with Crippen LogP contribution in [0.15, 0.2) is 91.4 Å². The Morgan fingerprint density at radius 2 is 1.73 bits per heavy atom. The quantitative estimate of drug-likeness (QED) is 0.372. The molecule has 0 spiro atoms. The lowest BCUT2D eigenvalue weighted by Gasteiger charge is -2.15. The Kier molecular flexibility index (Phi) is 5.74. The highest BCUT2D eigenvalue weighted by molar-refractivity contribution is 6.02. The Bertz CT molecular complexity index is 1390. The molecule has 3 heterocycles. The fourth-order valence-electron chi connectivity index (χ4n) is 3.78. The number of hydrogen-bond donors (Lipinski definition) is 2. The molecule has 0 radical (unpaired) electrons. The van der Waals surface area contributed by atoms with E-state index in [2.05, 4.69) is 33.5 Å². The Morgan fingerprint density at radius 3 is 2.52 bits per heavy atom. The first kappa shape index (κ1) is 20.7. The number of aromatic nitrogens is 4. The smallest absolute Gasteiger partial charge is 0.163 e. The molecule has 0 amide bonds. The average molecular weight is 434 g/mol. The maximum atomic E-state index is 9.99. The predicted octanol–water partition coefficient (Wildman–Crippen LogP) is 5.42. The number of aliphatic hydroxyl groups is 1. The van der Waals surface area contributed by atoms with Crippen molar-refractivity contribution >= 4 is 16.7 Å². The van der Waals surface area contributed by atoms with Gasteiger partial charge in [0.1, 0.15) is 5.82 Å². The topological polar surface area (TPSA) is 83.8 Å². The van der Waals surface area contributed by atoms with Crippen LogP contribution in [0.4, 0.5) is 5.82 Å². The molecule has 0 saturated carbocycles. The number of nitrogens with one attached hydrogen (secondary N) is 1.